The fourth-order valence-corrected chi connectivity index (χ4v) is 3.61. The summed E-state index contributed by atoms with van der Waals surface area (Å²) in [6, 6.07) is 1.91. The molecule has 2 fully saturated rings. The van der Waals surface area contributed by atoms with Gasteiger partial charge in [-0.1, -0.05) is 12.8 Å². The highest BCUT2D eigenvalue weighted by Gasteiger charge is 2.35. The first-order chi connectivity index (χ1) is 9.04. The first-order valence-corrected chi connectivity index (χ1v) is 8.18. The van der Waals surface area contributed by atoms with Crippen LogP contribution in [0.4, 0.5) is 0 Å². The van der Waals surface area contributed by atoms with Crippen molar-refractivity contribution in [3.8, 4) is 0 Å². The fourth-order valence-electron chi connectivity index (χ4n) is 3.61. The molecule has 1 aliphatic carbocycles. The molecule has 0 radical (unpaired) electrons. The molecular weight excluding hydrogens is 236 g/mol. The van der Waals surface area contributed by atoms with Gasteiger partial charge in [-0.05, 0) is 59.4 Å². The third kappa shape index (κ3) is 4.44. The predicted molar refractivity (Wildman–Crippen MR) is 80.4 cm³/mol. The van der Waals surface area contributed by atoms with Gasteiger partial charge in [-0.15, -0.1) is 0 Å². The van der Waals surface area contributed by atoms with Crippen LogP contribution in [0.3, 0.4) is 0 Å². The molecule has 1 aliphatic heterocycles. The average molecular weight is 268 g/mol. The molecule has 0 bridgehead atoms. The molecule has 3 atom stereocenters. The first-order valence-electron chi connectivity index (χ1n) is 8.18. The van der Waals surface area contributed by atoms with Gasteiger partial charge in [0.25, 0.3) is 0 Å². The minimum Gasteiger partial charge on any atom is -0.394 e. The largest absolute Gasteiger partial charge is 0.394 e. The minimum absolute atomic E-state index is 0.105. The summed E-state index contributed by atoms with van der Waals surface area (Å²) in [4.78, 5) is 2.66. The Morgan fingerprint density at radius 1 is 1.26 bits per heavy atom. The van der Waals surface area contributed by atoms with E-state index in [2.05, 4.69) is 31.0 Å². The van der Waals surface area contributed by atoms with Crippen molar-refractivity contribution >= 4 is 0 Å². The average Bonchev–Trinajstić information content (AvgIpc) is 3.17. The van der Waals surface area contributed by atoms with Crippen LogP contribution in [-0.4, -0.2) is 46.8 Å². The van der Waals surface area contributed by atoms with Gasteiger partial charge in [-0.3, -0.25) is 4.90 Å². The SMILES string of the molecule is CC1CCCCCN1C(C)CC(C)(CO)NC1CC1. The van der Waals surface area contributed by atoms with Crippen molar-refractivity contribution in [1.29, 1.82) is 0 Å². The van der Waals surface area contributed by atoms with E-state index in [4.69, 9.17) is 0 Å². The molecular formula is C16H32N2O. The van der Waals surface area contributed by atoms with E-state index in [9.17, 15) is 5.11 Å². The predicted octanol–water partition coefficient (Wildman–Crippen LogP) is 2.53. The van der Waals surface area contributed by atoms with E-state index >= 15 is 0 Å². The maximum atomic E-state index is 9.75. The standard InChI is InChI=1S/C16H32N2O/c1-13-7-5-4-6-10-18(13)14(2)11-16(3,12-19)17-15-8-9-15/h13-15,17,19H,4-12H2,1-3H3. The second-order valence-electron chi connectivity index (χ2n) is 7.13. The van der Waals surface area contributed by atoms with Crippen molar-refractivity contribution in [2.24, 2.45) is 0 Å². The van der Waals surface area contributed by atoms with Gasteiger partial charge in [0, 0.05) is 23.7 Å². The van der Waals surface area contributed by atoms with Gasteiger partial charge in [0.1, 0.15) is 0 Å². The van der Waals surface area contributed by atoms with Crippen LogP contribution in [0, 0.1) is 0 Å². The van der Waals surface area contributed by atoms with Gasteiger partial charge >= 0.3 is 0 Å². The Kier molecular flexibility index (Phi) is 5.27. The van der Waals surface area contributed by atoms with E-state index in [1.807, 2.05) is 0 Å². The van der Waals surface area contributed by atoms with Crippen LogP contribution in [-0.2, 0) is 0 Å². The molecule has 0 aromatic rings. The summed E-state index contributed by atoms with van der Waals surface area (Å²) in [7, 11) is 0. The van der Waals surface area contributed by atoms with Crippen LogP contribution in [0.1, 0.15) is 65.7 Å². The summed E-state index contributed by atoms with van der Waals surface area (Å²) in [5, 5.41) is 13.4. The van der Waals surface area contributed by atoms with Gasteiger partial charge in [0.05, 0.1) is 6.61 Å². The Hall–Kier alpha value is -0.120. The summed E-state index contributed by atoms with van der Waals surface area (Å²) < 4.78 is 0. The summed E-state index contributed by atoms with van der Waals surface area (Å²) in [6.07, 6.45) is 9.03. The summed E-state index contributed by atoms with van der Waals surface area (Å²) >= 11 is 0. The number of aliphatic hydroxyl groups excluding tert-OH is 1. The quantitative estimate of drug-likeness (QED) is 0.777. The van der Waals surface area contributed by atoms with E-state index in [1.165, 1.54) is 45.1 Å². The zero-order valence-electron chi connectivity index (χ0n) is 13.0. The third-order valence-corrected chi connectivity index (χ3v) is 4.90. The van der Waals surface area contributed by atoms with E-state index < -0.39 is 0 Å². The van der Waals surface area contributed by atoms with Crippen molar-refractivity contribution < 1.29 is 5.11 Å². The van der Waals surface area contributed by atoms with Gasteiger partial charge < -0.3 is 10.4 Å². The lowest BCUT2D eigenvalue weighted by molar-refractivity contribution is 0.0929. The topological polar surface area (TPSA) is 35.5 Å². The summed E-state index contributed by atoms with van der Waals surface area (Å²) in [5.74, 6) is 0. The van der Waals surface area contributed by atoms with E-state index in [0.717, 1.165) is 6.42 Å². The minimum atomic E-state index is -0.105. The van der Waals surface area contributed by atoms with Gasteiger partial charge in [-0.25, -0.2) is 0 Å². The number of nitrogens with one attached hydrogen (secondary N) is 1. The molecule has 2 aliphatic rings. The highest BCUT2D eigenvalue weighted by Crippen LogP contribution is 2.27. The van der Waals surface area contributed by atoms with E-state index in [0.29, 0.717) is 18.1 Å². The van der Waals surface area contributed by atoms with Crippen LogP contribution in [0.2, 0.25) is 0 Å². The number of aliphatic hydroxyl groups is 1. The van der Waals surface area contributed by atoms with E-state index in [-0.39, 0.29) is 12.1 Å². The smallest absolute Gasteiger partial charge is 0.0611 e. The van der Waals surface area contributed by atoms with Gasteiger partial charge in [0.2, 0.25) is 0 Å². The Balaban J connectivity index is 1.91. The molecule has 0 spiro atoms. The number of likely N-dealkylation sites (tertiary alicyclic amines) is 1. The van der Waals surface area contributed by atoms with Crippen molar-refractivity contribution in [2.75, 3.05) is 13.2 Å². The molecule has 1 saturated carbocycles. The lowest BCUT2D eigenvalue weighted by atomic mass is 9.92. The molecule has 0 amide bonds. The lowest BCUT2D eigenvalue weighted by Gasteiger charge is -2.39. The maximum absolute atomic E-state index is 9.75. The van der Waals surface area contributed by atoms with Crippen molar-refractivity contribution in [1.82, 2.24) is 10.2 Å². The van der Waals surface area contributed by atoms with Crippen LogP contribution >= 0.6 is 0 Å². The number of hydrogen-bond acceptors (Lipinski definition) is 3. The fraction of sp³-hybridized carbons (Fsp3) is 1.00. The molecule has 3 heteroatoms. The molecule has 0 aromatic carbocycles. The summed E-state index contributed by atoms with van der Waals surface area (Å²) in [5.41, 5.74) is -0.105. The van der Waals surface area contributed by atoms with Crippen LogP contribution < -0.4 is 5.32 Å². The first kappa shape index (κ1) is 15.3. The zero-order chi connectivity index (χ0) is 13.9. The highest BCUT2D eigenvalue weighted by atomic mass is 16.3. The molecule has 3 nitrogen and oxygen atoms in total. The Morgan fingerprint density at radius 3 is 2.63 bits per heavy atom. The molecule has 0 aromatic heterocycles. The molecule has 1 heterocycles. The molecule has 19 heavy (non-hydrogen) atoms. The summed E-state index contributed by atoms with van der Waals surface area (Å²) in [6.45, 7) is 8.37. The number of rotatable bonds is 6. The third-order valence-electron chi connectivity index (χ3n) is 4.90. The second-order valence-corrected chi connectivity index (χ2v) is 7.13. The van der Waals surface area contributed by atoms with Crippen LogP contribution in [0.25, 0.3) is 0 Å². The Labute approximate surface area is 118 Å². The van der Waals surface area contributed by atoms with Gasteiger partial charge in [0.15, 0.2) is 0 Å². The molecule has 112 valence electrons. The molecule has 2 rings (SSSR count). The molecule has 1 saturated heterocycles. The lowest BCUT2D eigenvalue weighted by Crippen LogP contribution is -2.52. The number of hydrogen-bond donors (Lipinski definition) is 2. The number of nitrogens with zero attached hydrogens (tertiary/aromatic N) is 1. The van der Waals surface area contributed by atoms with Crippen LogP contribution in [0.15, 0.2) is 0 Å². The van der Waals surface area contributed by atoms with Crippen LogP contribution in [0.5, 0.6) is 0 Å². The Morgan fingerprint density at radius 2 is 2.00 bits per heavy atom. The second kappa shape index (κ2) is 6.55. The van der Waals surface area contributed by atoms with Crippen molar-refractivity contribution in [3.05, 3.63) is 0 Å². The molecule has 2 N–H and O–H groups in total. The van der Waals surface area contributed by atoms with Crippen molar-refractivity contribution in [3.63, 3.8) is 0 Å². The highest BCUT2D eigenvalue weighted by molar-refractivity contribution is 4.95. The zero-order valence-corrected chi connectivity index (χ0v) is 13.0. The Bertz CT molecular complexity index is 280. The monoisotopic (exact) mass is 268 g/mol. The van der Waals surface area contributed by atoms with E-state index in [1.54, 1.807) is 0 Å². The van der Waals surface area contributed by atoms with Gasteiger partial charge in [-0.2, -0.15) is 0 Å². The normalized spacial score (nSPS) is 30.6. The molecule has 3 unspecified atom stereocenters. The van der Waals surface area contributed by atoms with Crippen molar-refractivity contribution in [2.45, 2.75) is 89.4 Å². The maximum Gasteiger partial charge on any atom is 0.0611 e.